The fourth-order valence-corrected chi connectivity index (χ4v) is 6.07. The van der Waals surface area contributed by atoms with Crippen molar-refractivity contribution in [2.45, 2.75) is 115 Å². The highest BCUT2D eigenvalue weighted by molar-refractivity contribution is 5.86. The average Bonchev–Trinajstić information content (AvgIpc) is 3.57. The van der Waals surface area contributed by atoms with Gasteiger partial charge in [-0.05, 0) is 62.1 Å². The van der Waals surface area contributed by atoms with Gasteiger partial charge in [-0.15, -0.1) is 0 Å². The number of ether oxygens (including phenoxy) is 3. The van der Waals surface area contributed by atoms with E-state index in [4.69, 9.17) is 14.2 Å². The third-order valence-electron chi connectivity index (χ3n) is 8.54. The molecule has 41 heavy (non-hydrogen) atoms. The molecule has 1 saturated carbocycles. The fourth-order valence-electron chi connectivity index (χ4n) is 6.07. The van der Waals surface area contributed by atoms with Crippen LogP contribution in [0.15, 0.2) is 24.3 Å². The normalized spacial score (nSPS) is 23.6. The van der Waals surface area contributed by atoms with Crippen LogP contribution in [-0.4, -0.2) is 54.7 Å². The molecule has 0 radical (unpaired) electrons. The van der Waals surface area contributed by atoms with E-state index in [9.17, 15) is 28.3 Å². The molecule has 7 nitrogen and oxygen atoms in total. The first kappa shape index (κ1) is 33.1. The minimum absolute atomic E-state index is 0.0473. The molecule has 1 aromatic carbocycles. The number of methoxy groups -OCH3 is 1. The van der Waals surface area contributed by atoms with Crippen molar-refractivity contribution in [2.24, 2.45) is 17.8 Å². The number of alkyl halides is 2. The number of Topliss-reactive ketones (excluding diaryl/α,β-unsaturated/α-hetero) is 2. The molecule has 0 amide bonds. The fraction of sp³-hybridized carbons (Fsp3) is 0.719. The molecule has 9 heteroatoms. The molecule has 2 aliphatic rings. The number of benzene rings is 1. The van der Waals surface area contributed by atoms with E-state index in [1.54, 1.807) is 7.11 Å². The van der Waals surface area contributed by atoms with Gasteiger partial charge in [-0.1, -0.05) is 44.7 Å². The Balaban J connectivity index is 1.53. The van der Waals surface area contributed by atoms with Crippen LogP contribution in [-0.2, 0) is 30.3 Å². The summed E-state index contributed by atoms with van der Waals surface area (Å²) in [5.74, 6) is -5.63. The zero-order valence-electron chi connectivity index (χ0n) is 24.5. The summed E-state index contributed by atoms with van der Waals surface area (Å²) in [4.78, 5) is 37.3. The maximum absolute atomic E-state index is 14.3. The van der Waals surface area contributed by atoms with Gasteiger partial charge in [-0.3, -0.25) is 14.4 Å². The third-order valence-corrected chi connectivity index (χ3v) is 8.54. The molecule has 1 N–H and O–H groups in total. The van der Waals surface area contributed by atoms with E-state index in [-0.39, 0.29) is 43.3 Å². The van der Waals surface area contributed by atoms with Crippen molar-refractivity contribution in [3.8, 4) is 5.75 Å². The molecule has 1 aliphatic heterocycles. The summed E-state index contributed by atoms with van der Waals surface area (Å²) in [6.45, 7) is 2.41. The van der Waals surface area contributed by atoms with Crippen LogP contribution >= 0.6 is 0 Å². The number of hydrogen-bond acceptors (Lipinski definition) is 6. The molecule has 1 aliphatic carbocycles. The van der Waals surface area contributed by atoms with Crippen LogP contribution in [0.25, 0.3) is 0 Å². The highest BCUT2D eigenvalue weighted by Gasteiger charge is 2.45. The molecule has 2 fully saturated rings. The van der Waals surface area contributed by atoms with Gasteiger partial charge < -0.3 is 19.3 Å². The molecule has 0 spiro atoms. The summed E-state index contributed by atoms with van der Waals surface area (Å²) < 4.78 is 45.5. The second-order valence-electron chi connectivity index (χ2n) is 11.6. The van der Waals surface area contributed by atoms with Crippen LogP contribution < -0.4 is 4.74 Å². The number of carboxylic acids is 1. The number of carbonyl (C=O) groups excluding carboxylic acids is 2. The minimum atomic E-state index is -3.34. The second kappa shape index (κ2) is 16.3. The molecule has 2 unspecified atom stereocenters. The van der Waals surface area contributed by atoms with Gasteiger partial charge >= 0.3 is 11.9 Å². The number of hydrogen-bond donors (Lipinski definition) is 1. The van der Waals surface area contributed by atoms with Crippen LogP contribution in [0.4, 0.5) is 8.78 Å². The molecule has 230 valence electrons. The van der Waals surface area contributed by atoms with Gasteiger partial charge in [0.25, 0.3) is 0 Å². The highest BCUT2D eigenvalue weighted by Crippen LogP contribution is 2.40. The maximum atomic E-state index is 14.3. The summed E-state index contributed by atoms with van der Waals surface area (Å²) in [6, 6.07) is 7.39. The van der Waals surface area contributed by atoms with Crippen molar-refractivity contribution in [1.29, 1.82) is 0 Å². The molecule has 1 heterocycles. The van der Waals surface area contributed by atoms with E-state index < -0.39 is 42.4 Å². The van der Waals surface area contributed by atoms with E-state index in [0.717, 1.165) is 37.0 Å². The first-order valence-corrected chi connectivity index (χ1v) is 15.2. The zero-order chi connectivity index (χ0) is 29.8. The average molecular weight is 581 g/mol. The summed E-state index contributed by atoms with van der Waals surface area (Å²) >= 11 is 0. The Labute approximate surface area is 242 Å². The monoisotopic (exact) mass is 580 g/mol. The highest BCUT2D eigenvalue weighted by atomic mass is 19.3. The Morgan fingerprint density at radius 2 is 1.88 bits per heavy atom. The van der Waals surface area contributed by atoms with Crippen molar-refractivity contribution < 1.29 is 42.5 Å². The molecule has 0 aromatic heterocycles. The lowest BCUT2D eigenvalue weighted by molar-refractivity contribution is -0.157. The Morgan fingerprint density at radius 3 is 2.51 bits per heavy atom. The Morgan fingerprint density at radius 1 is 1.12 bits per heavy atom. The quantitative estimate of drug-likeness (QED) is 0.180. The van der Waals surface area contributed by atoms with Gasteiger partial charge in [0.15, 0.2) is 6.29 Å². The van der Waals surface area contributed by atoms with Crippen molar-refractivity contribution in [3.05, 3.63) is 29.8 Å². The van der Waals surface area contributed by atoms with Crippen LogP contribution in [0.1, 0.15) is 96.0 Å². The molecule has 3 rings (SSSR count). The van der Waals surface area contributed by atoms with Crippen LogP contribution in [0, 0.1) is 17.8 Å². The smallest absolute Gasteiger partial charge is 0.306 e. The standard InChI is InChI=1S/C32H46F2O7/c1-3-4-18-32(33,34)29(36)17-16-26-25(27(35)21-28(26)41-30-11-8-19-40-30)10-7-5-6-9-23(31(37)38)20-22-12-14-24(39-2)15-13-22/h12-15,23,25-26,28,30H,3-11,16-21H2,1-2H3,(H,37,38)/t23?,25-,26-,28-,30?/m1/s1. The first-order valence-electron chi connectivity index (χ1n) is 15.2. The lowest BCUT2D eigenvalue weighted by Gasteiger charge is -2.26. The van der Waals surface area contributed by atoms with Crippen LogP contribution in [0.5, 0.6) is 5.75 Å². The lowest BCUT2D eigenvalue weighted by Crippen LogP contribution is -2.32. The van der Waals surface area contributed by atoms with Gasteiger partial charge in [0.1, 0.15) is 11.5 Å². The number of carboxylic acid groups (broad SMARTS) is 1. The summed E-state index contributed by atoms with van der Waals surface area (Å²) in [7, 11) is 1.58. The number of ketones is 2. The van der Waals surface area contributed by atoms with Gasteiger partial charge in [0, 0.05) is 38.2 Å². The predicted octanol–water partition coefficient (Wildman–Crippen LogP) is 6.79. The predicted molar refractivity (Wildman–Crippen MR) is 150 cm³/mol. The lowest BCUT2D eigenvalue weighted by atomic mass is 9.84. The Bertz CT molecular complexity index is 975. The van der Waals surface area contributed by atoms with E-state index in [1.165, 1.54) is 0 Å². The number of halogens is 2. The topological polar surface area (TPSA) is 99.1 Å². The first-order chi connectivity index (χ1) is 19.6. The second-order valence-corrected chi connectivity index (χ2v) is 11.6. The van der Waals surface area contributed by atoms with E-state index in [1.807, 2.05) is 31.2 Å². The van der Waals surface area contributed by atoms with Crippen molar-refractivity contribution in [1.82, 2.24) is 0 Å². The molecule has 1 saturated heterocycles. The van der Waals surface area contributed by atoms with E-state index >= 15 is 0 Å². The summed E-state index contributed by atoms with van der Waals surface area (Å²) in [5, 5.41) is 9.71. The van der Waals surface area contributed by atoms with Gasteiger partial charge in [-0.25, -0.2) is 0 Å². The van der Waals surface area contributed by atoms with E-state index in [2.05, 4.69) is 0 Å². The van der Waals surface area contributed by atoms with Crippen molar-refractivity contribution in [3.63, 3.8) is 0 Å². The Kier molecular flexibility index (Phi) is 13.2. The number of unbranched alkanes of at least 4 members (excludes halogenated alkanes) is 3. The number of aliphatic carboxylic acids is 1. The van der Waals surface area contributed by atoms with Crippen molar-refractivity contribution >= 4 is 17.5 Å². The number of carbonyl (C=O) groups is 3. The molecule has 5 atom stereocenters. The minimum Gasteiger partial charge on any atom is -0.497 e. The maximum Gasteiger partial charge on any atom is 0.306 e. The van der Waals surface area contributed by atoms with E-state index in [0.29, 0.717) is 38.7 Å². The van der Waals surface area contributed by atoms with Gasteiger partial charge in [0.2, 0.25) is 5.78 Å². The number of rotatable bonds is 19. The summed E-state index contributed by atoms with van der Waals surface area (Å²) in [5.41, 5.74) is 0.935. The molecule has 0 bridgehead atoms. The SMILES string of the molecule is CCCCC(F)(F)C(=O)CC[C@H]1[C@H](OC2CCCO2)CC(=O)[C@@H]1CCCCCC(Cc1ccc(OC)cc1)C(=O)O. The zero-order valence-corrected chi connectivity index (χ0v) is 24.5. The molecular formula is C32H46F2O7. The largest absolute Gasteiger partial charge is 0.497 e. The molecular weight excluding hydrogens is 534 g/mol. The van der Waals surface area contributed by atoms with Crippen LogP contribution in [0.2, 0.25) is 0 Å². The Hall–Kier alpha value is -2.39. The summed E-state index contributed by atoms with van der Waals surface area (Å²) in [6.07, 6.45) is 5.05. The van der Waals surface area contributed by atoms with Gasteiger partial charge in [-0.2, -0.15) is 8.78 Å². The van der Waals surface area contributed by atoms with Gasteiger partial charge in [0.05, 0.1) is 19.1 Å². The van der Waals surface area contributed by atoms with Crippen LogP contribution in [0.3, 0.4) is 0 Å². The van der Waals surface area contributed by atoms with Crippen molar-refractivity contribution in [2.75, 3.05) is 13.7 Å². The third kappa shape index (κ3) is 10.1. The molecule has 1 aromatic rings.